The van der Waals surface area contributed by atoms with Crippen LogP contribution in [0.1, 0.15) is 24.5 Å². The summed E-state index contributed by atoms with van der Waals surface area (Å²) in [4.78, 5) is 11.5. The summed E-state index contributed by atoms with van der Waals surface area (Å²) < 4.78 is 2.14. The predicted octanol–water partition coefficient (Wildman–Crippen LogP) is 4.54. The van der Waals surface area contributed by atoms with Gasteiger partial charge in [0, 0.05) is 47.4 Å². The lowest BCUT2D eigenvalue weighted by Gasteiger charge is -2.31. The lowest BCUT2D eigenvalue weighted by molar-refractivity contribution is 0.204. The summed E-state index contributed by atoms with van der Waals surface area (Å²) in [6.07, 6.45) is 8.13. The van der Waals surface area contributed by atoms with E-state index < -0.39 is 0 Å². The fraction of sp³-hybridized carbons (Fsp3) is 0.368. The molecule has 130 valence electrons. The van der Waals surface area contributed by atoms with Crippen LogP contribution in [-0.2, 0) is 6.54 Å². The lowest BCUT2D eigenvalue weighted by atomic mass is 9.94. The van der Waals surface area contributed by atoms with Gasteiger partial charge in [-0.05, 0) is 38.1 Å². The van der Waals surface area contributed by atoms with Crippen LogP contribution >= 0.6 is 22.9 Å². The van der Waals surface area contributed by atoms with Crippen LogP contribution in [0, 0.1) is 0 Å². The Hall–Kier alpha value is -1.69. The molecule has 0 N–H and O–H groups in total. The zero-order chi connectivity index (χ0) is 17.1. The van der Waals surface area contributed by atoms with Crippen LogP contribution < -0.4 is 0 Å². The molecular formula is C19H21ClN4S. The second-order valence-corrected chi connectivity index (χ2v) is 7.80. The molecule has 2 aromatic heterocycles. The minimum Gasteiger partial charge on any atom is -0.336 e. The minimum atomic E-state index is 0.585. The van der Waals surface area contributed by atoms with Gasteiger partial charge in [0.05, 0.1) is 12.0 Å². The van der Waals surface area contributed by atoms with E-state index in [-0.39, 0.29) is 0 Å². The van der Waals surface area contributed by atoms with E-state index in [9.17, 15) is 0 Å². The molecule has 0 saturated carbocycles. The number of rotatable bonds is 5. The molecule has 4 nitrogen and oxygen atoms in total. The Bertz CT molecular complexity index is 789. The van der Waals surface area contributed by atoms with Crippen LogP contribution in [0.3, 0.4) is 0 Å². The van der Waals surface area contributed by atoms with Crippen molar-refractivity contribution in [2.45, 2.75) is 25.3 Å². The van der Waals surface area contributed by atoms with Gasteiger partial charge in [-0.2, -0.15) is 0 Å². The van der Waals surface area contributed by atoms with E-state index >= 15 is 0 Å². The van der Waals surface area contributed by atoms with Gasteiger partial charge in [0.2, 0.25) is 0 Å². The van der Waals surface area contributed by atoms with E-state index in [1.165, 1.54) is 18.5 Å². The second-order valence-electron chi connectivity index (χ2n) is 6.50. The van der Waals surface area contributed by atoms with Crippen molar-refractivity contribution >= 4 is 22.9 Å². The summed E-state index contributed by atoms with van der Waals surface area (Å²) >= 11 is 7.70. The Labute approximate surface area is 157 Å². The Kier molecular flexibility index (Phi) is 5.15. The maximum absolute atomic E-state index is 5.97. The average molecular weight is 373 g/mol. The number of halogens is 1. The Balaban J connectivity index is 1.32. The van der Waals surface area contributed by atoms with Gasteiger partial charge in [-0.25, -0.2) is 9.97 Å². The first-order valence-electron chi connectivity index (χ1n) is 8.67. The number of thiazole rings is 1. The molecule has 0 unspecified atom stereocenters. The van der Waals surface area contributed by atoms with Gasteiger partial charge in [-0.1, -0.05) is 23.7 Å². The average Bonchev–Trinajstić information content (AvgIpc) is 3.33. The Morgan fingerprint density at radius 3 is 2.64 bits per heavy atom. The van der Waals surface area contributed by atoms with Crippen LogP contribution in [0.4, 0.5) is 0 Å². The predicted molar refractivity (Wildman–Crippen MR) is 103 cm³/mol. The zero-order valence-electron chi connectivity index (χ0n) is 14.0. The molecule has 1 fully saturated rings. The molecule has 1 aliphatic heterocycles. The van der Waals surface area contributed by atoms with Crippen LogP contribution in [0.25, 0.3) is 10.6 Å². The van der Waals surface area contributed by atoms with E-state index in [4.69, 9.17) is 16.6 Å². The molecule has 6 heteroatoms. The van der Waals surface area contributed by atoms with Crippen molar-refractivity contribution in [3.05, 3.63) is 59.1 Å². The first kappa shape index (κ1) is 16.8. The van der Waals surface area contributed by atoms with E-state index in [0.717, 1.165) is 41.8 Å². The van der Waals surface area contributed by atoms with Crippen molar-refractivity contribution in [2.75, 3.05) is 19.6 Å². The monoisotopic (exact) mass is 372 g/mol. The fourth-order valence-electron chi connectivity index (χ4n) is 3.33. The molecule has 0 atom stereocenters. The van der Waals surface area contributed by atoms with E-state index in [2.05, 4.69) is 19.8 Å². The van der Waals surface area contributed by atoms with Crippen molar-refractivity contribution in [3.8, 4) is 10.6 Å². The first-order chi connectivity index (χ1) is 12.3. The normalized spacial score (nSPS) is 16.4. The number of aromatic nitrogens is 3. The molecule has 0 aliphatic carbocycles. The molecule has 3 heterocycles. The number of hydrogen-bond donors (Lipinski definition) is 0. The molecule has 1 saturated heterocycles. The van der Waals surface area contributed by atoms with Crippen LogP contribution in [0.2, 0.25) is 5.02 Å². The Morgan fingerprint density at radius 1 is 1.12 bits per heavy atom. The molecule has 0 amide bonds. The summed E-state index contributed by atoms with van der Waals surface area (Å²) in [6.45, 7) is 4.40. The number of hydrogen-bond acceptors (Lipinski definition) is 4. The summed E-state index contributed by atoms with van der Waals surface area (Å²) in [7, 11) is 0. The molecular weight excluding hydrogens is 352 g/mol. The summed E-state index contributed by atoms with van der Waals surface area (Å²) in [6, 6.07) is 7.95. The molecule has 1 aliphatic rings. The van der Waals surface area contributed by atoms with Gasteiger partial charge >= 0.3 is 0 Å². The summed E-state index contributed by atoms with van der Waals surface area (Å²) in [5.74, 6) is 0.585. The van der Waals surface area contributed by atoms with Crippen molar-refractivity contribution in [1.82, 2.24) is 19.4 Å². The number of benzene rings is 1. The molecule has 0 bridgehead atoms. The quantitative estimate of drug-likeness (QED) is 0.659. The highest BCUT2D eigenvalue weighted by atomic mass is 35.5. The SMILES string of the molecule is Clc1ccc(-c2nc(C3CCN(CCn4ccnc4)CC3)cs2)cc1. The first-order valence-corrected chi connectivity index (χ1v) is 9.93. The van der Waals surface area contributed by atoms with Gasteiger partial charge in [0.15, 0.2) is 0 Å². The maximum atomic E-state index is 5.97. The minimum absolute atomic E-state index is 0.585. The van der Waals surface area contributed by atoms with Crippen molar-refractivity contribution in [1.29, 1.82) is 0 Å². The molecule has 25 heavy (non-hydrogen) atoms. The largest absolute Gasteiger partial charge is 0.336 e. The van der Waals surface area contributed by atoms with Gasteiger partial charge in [0.1, 0.15) is 5.01 Å². The second kappa shape index (κ2) is 7.68. The van der Waals surface area contributed by atoms with Gasteiger partial charge < -0.3 is 9.47 Å². The summed E-state index contributed by atoms with van der Waals surface area (Å²) in [5, 5.41) is 4.09. The van der Waals surface area contributed by atoms with Gasteiger partial charge in [-0.15, -0.1) is 11.3 Å². The zero-order valence-corrected chi connectivity index (χ0v) is 15.6. The molecule has 3 aromatic rings. The van der Waals surface area contributed by atoms with Crippen molar-refractivity contribution in [3.63, 3.8) is 0 Å². The van der Waals surface area contributed by atoms with Crippen LogP contribution in [0.15, 0.2) is 48.4 Å². The molecule has 4 rings (SSSR count). The maximum Gasteiger partial charge on any atom is 0.123 e. The topological polar surface area (TPSA) is 34.0 Å². The number of imidazole rings is 1. The standard InChI is InChI=1S/C19H21ClN4S/c20-17-3-1-16(2-4-17)19-22-18(13-25-19)15-5-8-23(9-6-15)11-12-24-10-7-21-14-24/h1-4,7,10,13-15H,5-6,8-9,11-12H2. The Morgan fingerprint density at radius 2 is 1.92 bits per heavy atom. The fourth-order valence-corrected chi connectivity index (χ4v) is 4.36. The molecule has 0 radical (unpaired) electrons. The third kappa shape index (κ3) is 4.11. The highest BCUT2D eigenvalue weighted by Gasteiger charge is 2.22. The van der Waals surface area contributed by atoms with E-state index in [0.29, 0.717) is 5.92 Å². The highest BCUT2D eigenvalue weighted by molar-refractivity contribution is 7.13. The van der Waals surface area contributed by atoms with Crippen molar-refractivity contribution in [2.24, 2.45) is 0 Å². The van der Waals surface area contributed by atoms with Crippen molar-refractivity contribution < 1.29 is 0 Å². The lowest BCUT2D eigenvalue weighted by Crippen LogP contribution is -2.35. The van der Waals surface area contributed by atoms with Crippen LogP contribution in [0.5, 0.6) is 0 Å². The number of likely N-dealkylation sites (tertiary alicyclic amines) is 1. The summed E-state index contributed by atoms with van der Waals surface area (Å²) in [5.41, 5.74) is 2.41. The smallest absolute Gasteiger partial charge is 0.123 e. The number of nitrogens with zero attached hydrogens (tertiary/aromatic N) is 4. The molecule has 0 spiro atoms. The van der Waals surface area contributed by atoms with E-state index in [1.54, 1.807) is 11.3 Å². The third-order valence-corrected chi connectivity index (χ3v) is 6.01. The van der Waals surface area contributed by atoms with E-state index in [1.807, 2.05) is 43.0 Å². The third-order valence-electron chi connectivity index (χ3n) is 4.85. The highest BCUT2D eigenvalue weighted by Crippen LogP contribution is 2.32. The van der Waals surface area contributed by atoms with Gasteiger partial charge in [0.25, 0.3) is 0 Å². The molecule has 1 aromatic carbocycles. The van der Waals surface area contributed by atoms with Gasteiger partial charge in [-0.3, -0.25) is 0 Å². The van der Waals surface area contributed by atoms with Crippen LogP contribution in [-0.4, -0.2) is 39.1 Å². The number of piperidine rings is 1.